The molecule has 98 valence electrons. The van der Waals surface area contributed by atoms with Gasteiger partial charge in [-0.1, -0.05) is 19.8 Å². The monoisotopic (exact) mass is 247 g/mol. The van der Waals surface area contributed by atoms with Gasteiger partial charge in [0.25, 0.3) is 0 Å². The highest BCUT2D eigenvalue weighted by molar-refractivity contribution is 5.77. The van der Waals surface area contributed by atoms with Gasteiger partial charge in [0.1, 0.15) is 5.52 Å². The Balaban J connectivity index is 2.04. The SMILES string of the molecule is CCc1nn(C)c2c1nc(N)n2CC1CCCC1. The Labute approximate surface area is 107 Å². The van der Waals surface area contributed by atoms with Gasteiger partial charge >= 0.3 is 0 Å². The molecule has 0 radical (unpaired) electrons. The van der Waals surface area contributed by atoms with Gasteiger partial charge in [-0.05, 0) is 25.2 Å². The number of nitrogens with zero attached hydrogens (tertiary/aromatic N) is 4. The second kappa shape index (κ2) is 4.30. The van der Waals surface area contributed by atoms with Crippen LogP contribution in [-0.4, -0.2) is 19.3 Å². The van der Waals surface area contributed by atoms with E-state index in [4.69, 9.17) is 5.73 Å². The molecule has 1 saturated carbocycles. The number of anilines is 1. The summed E-state index contributed by atoms with van der Waals surface area (Å²) in [5.41, 5.74) is 9.19. The molecule has 2 N–H and O–H groups in total. The first-order valence-electron chi connectivity index (χ1n) is 6.88. The largest absolute Gasteiger partial charge is 0.369 e. The van der Waals surface area contributed by atoms with E-state index in [1.807, 2.05) is 11.7 Å². The van der Waals surface area contributed by atoms with E-state index >= 15 is 0 Å². The number of aryl methyl sites for hydroxylation is 2. The van der Waals surface area contributed by atoms with Crippen LogP contribution in [0.25, 0.3) is 11.2 Å². The maximum Gasteiger partial charge on any atom is 0.202 e. The number of nitrogen functional groups attached to an aromatic ring is 1. The number of imidazole rings is 1. The summed E-state index contributed by atoms with van der Waals surface area (Å²) in [6.45, 7) is 3.10. The standard InChI is InChI=1S/C13H21N5/c1-3-10-11-12(17(2)16-10)18(13(14)15-11)8-9-6-4-5-7-9/h9H,3-8H2,1-2H3,(H2,14,15). The van der Waals surface area contributed by atoms with Crippen LogP contribution in [0, 0.1) is 5.92 Å². The Morgan fingerprint density at radius 1 is 1.33 bits per heavy atom. The second-order valence-electron chi connectivity index (χ2n) is 5.33. The summed E-state index contributed by atoms with van der Waals surface area (Å²) < 4.78 is 4.07. The van der Waals surface area contributed by atoms with Crippen molar-refractivity contribution in [2.45, 2.75) is 45.6 Å². The van der Waals surface area contributed by atoms with Crippen molar-refractivity contribution >= 4 is 17.1 Å². The van der Waals surface area contributed by atoms with Crippen LogP contribution in [0.4, 0.5) is 5.95 Å². The molecule has 5 nitrogen and oxygen atoms in total. The van der Waals surface area contributed by atoms with Crippen molar-refractivity contribution in [3.05, 3.63) is 5.69 Å². The van der Waals surface area contributed by atoms with Gasteiger partial charge in [-0.15, -0.1) is 0 Å². The highest BCUT2D eigenvalue weighted by Crippen LogP contribution is 2.29. The highest BCUT2D eigenvalue weighted by Gasteiger charge is 2.21. The third-order valence-corrected chi connectivity index (χ3v) is 4.07. The van der Waals surface area contributed by atoms with Gasteiger partial charge in [0.15, 0.2) is 5.65 Å². The minimum Gasteiger partial charge on any atom is -0.369 e. The smallest absolute Gasteiger partial charge is 0.202 e. The van der Waals surface area contributed by atoms with Gasteiger partial charge in [0.2, 0.25) is 5.95 Å². The van der Waals surface area contributed by atoms with Gasteiger partial charge < -0.3 is 5.73 Å². The summed E-state index contributed by atoms with van der Waals surface area (Å²) in [5, 5.41) is 4.52. The van der Waals surface area contributed by atoms with Gasteiger partial charge in [0.05, 0.1) is 5.69 Å². The zero-order valence-electron chi connectivity index (χ0n) is 11.2. The molecule has 2 aromatic heterocycles. The maximum absolute atomic E-state index is 6.08. The lowest BCUT2D eigenvalue weighted by molar-refractivity contribution is 0.463. The third kappa shape index (κ3) is 1.69. The van der Waals surface area contributed by atoms with Crippen LogP contribution in [-0.2, 0) is 20.0 Å². The van der Waals surface area contributed by atoms with E-state index in [0.717, 1.165) is 35.7 Å². The van der Waals surface area contributed by atoms with Crippen LogP contribution >= 0.6 is 0 Å². The van der Waals surface area contributed by atoms with Crippen molar-refractivity contribution in [2.24, 2.45) is 13.0 Å². The average molecular weight is 247 g/mol. The molecule has 1 aliphatic carbocycles. The first kappa shape index (κ1) is 11.6. The highest BCUT2D eigenvalue weighted by atomic mass is 15.3. The summed E-state index contributed by atoms with van der Waals surface area (Å²) in [5.74, 6) is 1.39. The van der Waals surface area contributed by atoms with E-state index in [9.17, 15) is 0 Å². The quantitative estimate of drug-likeness (QED) is 0.903. The Kier molecular flexibility index (Phi) is 2.76. The lowest BCUT2D eigenvalue weighted by Crippen LogP contribution is -2.12. The Morgan fingerprint density at radius 2 is 2.06 bits per heavy atom. The zero-order chi connectivity index (χ0) is 12.7. The molecular weight excluding hydrogens is 226 g/mol. The number of aromatic nitrogens is 4. The molecule has 1 aliphatic rings. The molecule has 2 heterocycles. The number of hydrogen-bond donors (Lipinski definition) is 1. The molecular formula is C13H21N5. The van der Waals surface area contributed by atoms with E-state index in [1.165, 1.54) is 25.7 Å². The molecule has 2 aromatic rings. The average Bonchev–Trinajstić information content (AvgIpc) is 3.01. The molecule has 18 heavy (non-hydrogen) atoms. The Hall–Kier alpha value is -1.52. The first-order valence-corrected chi connectivity index (χ1v) is 6.88. The second-order valence-corrected chi connectivity index (χ2v) is 5.33. The minimum atomic E-state index is 0.639. The predicted molar refractivity (Wildman–Crippen MR) is 72.2 cm³/mol. The van der Waals surface area contributed by atoms with Crippen LogP contribution in [0.5, 0.6) is 0 Å². The zero-order valence-corrected chi connectivity index (χ0v) is 11.2. The fraction of sp³-hybridized carbons (Fsp3) is 0.692. The first-order chi connectivity index (χ1) is 8.70. The molecule has 0 spiro atoms. The molecule has 0 aliphatic heterocycles. The summed E-state index contributed by atoms with van der Waals surface area (Å²) in [4.78, 5) is 4.50. The number of hydrogen-bond acceptors (Lipinski definition) is 3. The van der Waals surface area contributed by atoms with E-state index in [1.54, 1.807) is 0 Å². The van der Waals surface area contributed by atoms with Gasteiger partial charge in [-0.2, -0.15) is 5.10 Å². The van der Waals surface area contributed by atoms with E-state index in [-0.39, 0.29) is 0 Å². The topological polar surface area (TPSA) is 61.7 Å². The Bertz CT molecular complexity index is 559. The van der Waals surface area contributed by atoms with Crippen molar-refractivity contribution in [1.29, 1.82) is 0 Å². The number of rotatable bonds is 3. The van der Waals surface area contributed by atoms with Crippen LogP contribution in [0.1, 0.15) is 38.3 Å². The van der Waals surface area contributed by atoms with E-state index < -0.39 is 0 Å². The molecule has 0 bridgehead atoms. The summed E-state index contributed by atoms with van der Waals surface area (Å²) in [6, 6.07) is 0. The van der Waals surface area contributed by atoms with Crippen LogP contribution < -0.4 is 5.73 Å². The van der Waals surface area contributed by atoms with Crippen LogP contribution in [0.3, 0.4) is 0 Å². The Morgan fingerprint density at radius 3 is 2.72 bits per heavy atom. The molecule has 0 aromatic carbocycles. The lowest BCUT2D eigenvalue weighted by atomic mass is 10.1. The van der Waals surface area contributed by atoms with Gasteiger partial charge in [-0.3, -0.25) is 9.25 Å². The van der Waals surface area contributed by atoms with Gasteiger partial charge in [-0.25, -0.2) is 4.98 Å². The summed E-state index contributed by atoms with van der Waals surface area (Å²) in [7, 11) is 1.98. The predicted octanol–water partition coefficient (Wildman–Crippen LogP) is 2.10. The lowest BCUT2D eigenvalue weighted by Gasteiger charge is -2.12. The molecule has 0 unspecified atom stereocenters. The van der Waals surface area contributed by atoms with Crippen molar-refractivity contribution < 1.29 is 0 Å². The van der Waals surface area contributed by atoms with Crippen molar-refractivity contribution in [2.75, 3.05) is 5.73 Å². The molecule has 5 heteroatoms. The maximum atomic E-state index is 6.08. The fourth-order valence-electron chi connectivity index (χ4n) is 3.13. The van der Waals surface area contributed by atoms with Gasteiger partial charge in [0, 0.05) is 13.6 Å². The molecule has 0 atom stereocenters. The van der Waals surface area contributed by atoms with Crippen molar-refractivity contribution in [1.82, 2.24) is 19.3 Å². The third-order valence-electron chi connectivity index (χ3n) is 4.07. The molecule has 0 amide bonds. The molecule has 3 rings (SSSR count). The normalized spacial score (nSPS) is 17.0. The molecule has 1 fully saturated rings. The number of fused-ring (bicyclic) bond motifs is 1. The van der Waals surface area contributed by atoms with Crippen molar-refractivity contribution in [3.63, 3.8) is 0 Å². The van der Waals surface area contributed by atoms with Crippen LogP contribution in [0.2, 0.25) is 0 Å². The minimum absolute atomic E-state index is 0.639. The fourth-order valence-corrected chi connectivity index (χ4v) is 3.13. The van der Waals surface area contributed by atoms with E-state index in [2.05, 4.69) is 21.6 Å². The van der Waals surface area contributed by atoms with E-state index in [0.29, 0.717) is 5.95 Å². The molecule has 0 saturated heterocycles. The summed E-state index contributed by atoms with van der Waals surface area (Å²) in [6.07, 6.45) is 6.24. The van der Waals surface area contributed by atoms with Crippen molar-refractivity contribution in [3.8, 4) is 0 Å². The summed E-state index contributed by atoms with van der Waals surface area (Å²) >= 11 is 0. The van der Waals surface area contributed by atoms with Crippen LogP contribution in [0.15, 0.2) is 0 Å². The number of nitrogens with two attached hydrogens (primary N) is 1.